The fourth-order valence-corrected chi connectivity index (χ4v) is 7.55. The van der Waals surface area contributed by atoms with Crippen molar-refractivity contribution in [3.63, 3.8) is 0 Å². The summed E-state index contributed by atoms with van der Waals surface area (Å²) in [6.07, 6.45) is 0. The molecule has 0 radical (unpaired) electrons. The first-order valence-electron chi connectivity index (χ1n) is 18.3. The fraction of sp³-hybridized carbons (Fsp3) is 0. The molecular formula is C51H33N3. The fourth-order valence-electron chi connectivity index (χ4n) is 7.55. The Balaban J connectivity index is 1.03. The molecule has 0 atom stereocenters. The third kappa shape index (κ3) is 5.78. The summed E-state index contributed by atoms with van der Waals surface area (Å²) in [5.74, 6) is 0.692. The Hall–Kier alpha value is -7.23. The van der Waals surface area contributed by atoms with Gasteiger partial charge in [0.25, 0.3) is 0 Å². The van der Waals surface area contributed by atoms with E-state index in [2.05, 4.69) is 176 Å². The van der Waals surface area contributed by atoms with Crippen LogP contribution in [-0.4, -0.2) is 15.0 Å². The molecule has 252 valence electrons. The Kier molecular flexibility index (Phi) is 7.81. The molecule has 8 aromatic carbocycles. The van der Waals surface area contributed by atoms with Gasteiger partial charge in [-0.1, -0.05) is 182 Å². The molecule has 10 aromatic rings. The number of hydrogen-bond acceptors (Lipinski definition) is 3. The summed E-state index contributed by atoms with van der Waals surface area (Å²) >= 11 is 0. The summed E-state index contributed by atoms with van der Waals surface area (Å²) in [5, 5.41) is 6.04. The largest absolute Gasteiger partial charge is 0.247 e. The maximum absolute atomic E-state index is 5.24. The van der Waals surface area contributed by atoms with Crippen molar-refractivity contribution in [2.24, 2.45) is 0 Å². The molecule has 0 bridgehead atoms. The lowest BCUT2D eigenvalue weighted by molar-refractivity contribution is 1.18. The number of pyridine rings is 1. The Morgan fingerprint density at radius 2 is 0.796 bits per heavy atom. The van der Waals surface area contributed by atoms with Gasteiger partial charge in [-0.05, 0) is 51.2 Å². The highest BCUT2D eigenvalue weighted by Gasteiger charge is 2.15. The van der Waals surface area contributed by atoms with Gasteiger partial charge in [0.05, 0.1) is 22.6 Å². The smallest absolute Gasteiger partial charge is 0.160 e. The summed E-state index contributed by atoms with van der Waals surface area (Å²) in [4.78, 5) is 15.4. The highest BCUT2D eigenvalue weighted by Crippen LogP contribution is 2.38. The quantitative estimate of drug-likeness (QED) is 0.163. The van der Waals surface area contributed by atoms with E-state index in [0.29, 0.717) is 5.82 Å². The number of fused-ring (bicyclic) bond motifs is 5. The Bertz CT molecular complexity index is 2940. The number of nitrogens with zero attached hydrogens (tertiary/aromatic N) is 3. The van der Waals surface area contributed by atoms with Gasteiger partial charge < -0.3 is 0 Å². The van der Waals surface area contributed by atoms with Crippen molar-refractivity contribution < 1.29 is 0 Å². The highest BCUT2D eigenvalue weighted by molar-refractivity contribution is 6.22. The Morgan fingerprint density at radius 3 is 1.54 bits per heavy atom. The van der Waals surface area contributed by atoms with Crippen LogP contribution >= 0.6 is 0 Å². The normalized spacial score (nSPS) is 11.3. The summed E-state index contributed by atoms with van der Waals surface area (Å²) < 4.78 is 0. The number of benzene rings is 8. The zero-order valence-electron chi connectivity index (χ0n) is 29.4. The van der Waals surface area contributed by atoms with Gasteiger partial charge in [0.2, 0.25) is 0 Å². The lowest BCUT2D eigenvalue weighted by Crippen LogP contribution is -1.96. The lowest BCUT2D eigenvalue weighted by atomic mass is 9.94. The first-order valence-corrected chi connectivity index (χ1v) is 18.3. The lowest BCUT2D eigenvalue weighted by Gasteiger charge is -2.13. The summed E-state index contributed by atoms with van der Waals surface area (Å²) in [6, 6.07) is 70.3. The molecule has 0 aliphatic rings. The van der Waals surface area contributed by atoms with Crippen LogP contribution in [0.15, 0.2) is 200 Å². The average Bonchev–Trinajstić information content (AvgIpc) is 3.26. The van der Waals surface area contributed by atoms with Crippen molar-refractivity contribution in [1.29, 1.82) is 0 Å². The van der Waals surface area contributed by atoms with E-state index in [4.69, 9.17) is 15.0 Å². The molecule has 0 saturated heterocycles. The van der Waals surface area contributed by atoms with Gasteiger partial charge in [-0.25, -0.2) is 15.0 Å². The van der Waals surface area contributed by atoms with Crippen molar-refractivity contribution in [2.45, 2.75) is 0 Å². The predicted molar refractivity (Wildman–Crippen MR) is 225 cm³/mol. The summed E-state index contributed by atoms with van der Waals surface area (Å²) in [6.45, 7) is 0. The van der Waals surface area contributed by atoms with E-state index in [9.17, 15) is 0 Å². The second kappa shape index (κ2) is 13.4. The summed E-state index contributed by atoms with van der Waals surface area (Å²) in [7, 11) is 0. The topological polar surface area (TPSA) is 38.7 Å². The van der Waals surface area contributed by atoms with Gasteiger partial charge in [0.15, 0.2) is 5.82 Å². The molecule has 2 heterocycles. The molecule has 0 aliphatic carbocycles. The van der Waals surface area contributed by atoms with E-state index in [-0.39, 0.29) is 0 Å². The highest BCUT2D eigenvalue weighted by atomic mass is 14.9. The molecule has 0 saturated carbocycles. The molecule has 3 nitrogen and oxygen atoms in total. The van der Waals surface area contributed by atoms with Crippen LogP contribution in [0.3, 0.4) is 0 Å². The van der Waals surface area contributed by atoms with E-state index in [0.717, 1.165) is 61.4 Å². The molecule has 0 unspecified atom stereocenters. The van der Waals surface area contributed by atoms with E-state index in [1.165, 1.54) is 32.7 Å². The van der Waals surface area contributed by atoms with E-state index >= 15 is 0 Å². The van der Waals surface area contributed by atoms with Crippen LogP contribution in [0.25, 0.3) is 99.9 Å². The Morgan fingerprint density at radius 1 is 0.278 bits per heavy atom. The number of hydrogen-bond donors (Lipinski definition) is 0. The van der Waals surface area contributed by atoms with Crippen molar-refractivity contribution in [1.82, 2.24) is 15.0 Å². The van der Waals surface area contributed by atoms with Crippen LogP contribution in [0.1, 0.15) is 0 Å². The SMILES string of the molecule is c1ccc(-c2ccc(-c3cc(-c4ccccc4)nc(-c4ccc(-c5cccc(-c6nc7ccccc7c7c6ccc6ccccc67)c5)cc4)n3)cc2)cc1. The van der Waals surface area contributed by atoms with Gasteiger partial charge >= 0.3 is 0 Å². The molecule has 0 amide bonds. The molecule has 54 heavy (non-hydrogen) atoms. The second-order valence-electron chi connectivity index (χ2n) is 13.6. The molecule has 3 heteroatoms. The number of para-hydroxylation sites is 1. The number of aromatic nitrogens is 3. The zero-order chi connectivity index (χ0) is 35.8. The van der Waals surface area contributed by atoms with Crippen molar-refractivity contribution in [3.8, 4) is 67.4 Å². The van der Waals surface area contributed by atoms with Gasteiger partial charge in [0, 0.05) is 38.4 Å². The summed E-state index contributed by atoms with van der Waals surface area (Å²) in [5.41, 5.74) is 12.5. The van der Waals surface area contributed by atoms with Gasteiger partial charge in [-0.2, -0.15) is 0 Å². The minimum atomic E-state index is 0.692. The standard InChI is InChI=1S/C51H33N3/c1-3-12-34(13-4-1)35-22-26-39(27-23-35)48-33-47(38-15-5-2-6-16-38)53-51(54-48)40-28-24-36(25-29-40)41-17-11-18-42(32-41)50-45-31-30-37-14-7-8-19-43(37)49(45)44-20-9-10-21-46(44)52-50/h1-33H. The van der Waals surface area contributed by atoms with Crippen LogP contribution in [0.5, 0.6) is 0 Å². The molecule has 0 fully saturated rings. The molecular weight excluding hydrogens is 655 g/mol. The predicted octanol–water partition coefficient (Wildman–Crippen LogP) is 13.3. The van der Waals surface area contributed by atoms with E-state index in [1.807, 2.05) is 24.3 Å². The maximum Gasteiger partial charge on any atom is 0.160 e. The van der Waals surface area contributed by atoms with Crippen LogP contribution in [0, 0.1) is 0 Å². The van der Waals surface area contributed by atoms with Gasteiger partial charge in [-0.15, -0.1) is 0 Å². The molecule has 0 N–H and O–H groups in total. The van der Waals surface area contributed by atoms with Crippen molar-refractivity contribution in [3.05, 3.63) is 200 Å². The maximum atomic E-state index is 5.24. The number of rotatable bonds is 6. The van der Waals surface area contributed by atoms with Crippen molar-refractivity contribution >= 4 is 32.4 Å². The average molecular weight is 688 g/mol. The zero-order valence-corrected chi connectivity index (χ0v) is 29.4. The molecule has 0 aliphatic heterocycles. The molecule has 0 spiro atoms. The minimum Gasteiger partial charge on any atom is -0.247 e. The third-order valence-corrected chi connectivity index (χ3v) is 10.3. The van der Waals surface area contributed by atoms with Crippen LogP contribution < -0.4 is 0 Å². The van der Waals surface area contributed by atoms with Gasteiger partial charge in [-0.3, -0.25) is 0 Å². The van der Waals surface area contributed by atoms with E-state index in [1.54, 1.807) is 0 Å². The third-order valence-electron chi connectivity index (χ3n) is 10.3. The first kappa shape index (κ1) is 31.5. The monoisotopic (exact) mass is 687 g/mol. The molecule has 10 rings (SSSR count). The van der Waals surface area contributed by atoms with E-state index < -0.39 is 0 Å². The minimum absolute atomic E-state index is 0.692. The van der Waals surface area contributed by atoms with Crippen LogP contribution in [-0.2, 0) is 0 Å². The second-order valence-corrected chi connectivity index (χ2v) is 13.6. The van der Waals surface area contributed by atoms with Crippen LogP contribution in [0.4, 0.5) is 0 Å². The first-order chi connectivity index (χ1) is 26.7. The van der Waals surface area contributed by atoms with Gasteiger partial charge in [0.1, 0.15) is 0 Å². The Labute approximate surface area is 313 Å². The van der Waals surface area contributed by atoms with Crippen molar-refractivity contribution in [2.75, 3.05) is 0 Å². The molecule has 2 aromatic heterocycles. The van der Waals surface area contributed by atoms with Crippen LogP contribution in [0.2, 0.25) is 0 Å².